The second kappa shape index (κ2) is 12.2. The van der Waals surface area contributed by atoms with Crippen LogP contribution in [0.5, 0.6) is 0 Å². The summed E-state index contributed by atoms with van der Waals surface area (Å²) in [5, 5.41) is 7.89. The third-order valence-corrected chi connectivity index (χ3v) is 12.0. The molecule has 0 fully saturated rings. The van der Waals surface area contributed by atoms with Crippen LogP contribution in [0, 0.1) is 0 Å². The Morgan fingerprint density at radius 2 is 1.28 bits per heavy atom. The van der Waals surface area contributed by atoms with E-state index in [-0.39, 0.29) is 0 Å². The second-order valence-electron chi connectivity index (χ2n) is 12.9. The minimum atomic E-state index is -3.64. The van der Waals surface area contributed by atoms with Crippen LogP contribution in [0.1, 0.15) is 70.3 Å². The molecular weight excluding hydrogens is 603 g/mol. The molecule has 2 heterocycles. The Balaban J connectivity index is 1.34. The molecule has 5 aromatic rings. The van der Waals surface area contributed by atoms with Gasteiger partial charge in [0, 0.05) is 12.2 Å². The highest BCUT2D eigenvalue weighted by molar-refractivity contribution is 7.92. The predicted molar refractivity (Wildman–Crippen MR) is 186 cm³/mol. The number of fused-ring (bicyclic) bond motifs is 3. The first kappa shape index (κ1) is 29.7. The van der Waals surface area contributed by atoms with E-state index < -0.39 is 21.5 Å². The van der Waals surface area contributed by atoms with Crippen LogP contribution in [0.2, 0.25) is 0 Å². The summed E-state index contributed by atoms with van der Waals surface area (Å²) in [6, 6.07) is 31.7. The van der Waals surface area contributed by atoms with Crippen molar-refractivity contribution in [2.75, 3.05) is 5.32 Å². The van der Waals surface area contributed by atoms with Gasteiger partial charge in [0.05, 0.1) is 11.9 Å². The van der Waals surface area contributed by atoms with Gasteiger partial charge in [-0.2, -0.15) is 9.46 Å². The lowest BCUT2D eigenvalue weighted by Gasteiger charge is -2.33. The Morgan fingerprint density at radius 3 is 1.83 bits per heavy atom. The summed E-state index contributed by atoms with van der Waals surface area (Å²) >= 11 is 0. The average Bonchev–Trinajstić information content (AvgIpc) is 3.89. The number of anilines is 1. The molecule has 7 nitrogen and oxygen atoms in total. The Morgan fingerprint density at radius 1 is 0.723 bits per heavy atom. The van der Waals surface area contributed by atoms with Gasteiger partial charge in [-0.1, -0.05) is 97.1 Å². The smallest absolute Gasteiger partial charge is 0.307 e. The summed E-state index contributed by atoms with van der Waals surface area (Å²) < 4.78 is 26.3. The SMILES string of the molecule is O=C(Nc1c2c(cc3c1CCC3)CCC2)NS(=O)(=NC(c1ccccc1)(c1ccccc1)c1ccccc1)c1cnn2c1CCCC2. The maximum Gasteiger partial charge on any atom is 0.331 e. The summed E-state index contributed by atoms with van der Waals surface area (Å²) in [6.45, 7) is 0.751. The van der Waals surface area contributed by atoms with Crippen molar-refractivity contribution in [2.45, 2.75) is 74.8 Å². The molecule has 1 atom stereocenters. The summed E-state index contributed by atoms with van der Waals surface area (Å²) in [7, 11) is -3.64. The van der Waals surface area contributed by atoms with Crippen LogP contribution >= 0.6 is 0 Å². The standard InChI is InChI=1S/C39H39N5O2S/c45-38(41-37-33-22-12-14-28(33)26-29-15-13-23-34(29)37)42-47(46,36-27-40-44-25-11-10-24-35(36)44)43-39(30-16-4-1-5-17-30,31-18-6-2-7-19-31)32-20-8-3-9-21-32/h1-9,16-21,26-27H,10-15,22-25H2,(H2,41,42,43,45,46). The highest BCUT2D eigenvalue weighted by Crippen LogP contribution is 2.43. The topological polar surface area (TPSA) is 88.4 Å². The molecule has 238 valence electrons. The summed E-state index contributed by atoms with van der Waals surface area (Å²) in [5.74, 6) is 0. The fourth-order valence-corrected chi connectivity index (χ4v) is 9.85. The van der Waals surface area contributed by atoms with Crippen molar-refractivity contribution >= 4 is 21.6 Å². The molecule has 3 aliphatic rings. The fraction of sp³-hybridized carbons (Fsp3) is 0.282. The molecule has 0 spiro atoms. The number of amides is 2. The highest BCUT2D eigenvalue weighted by atomic mass is 32.2. The van der Waals surface area contributed by atoms with Crippen molar-refractivity contribution in [3.63, 3.8) is 0 Å². The molecule has 0 saturated heterocycles. The number of carbonyl (C=O) groups is 1. The van der Waals surface area contributed by atoms with Crippen LogP contribution in [-0.2, 0) is 54.1 Å². The number of nitrogens with zero attached hydrogens (tertiary/aromatic N) is 3. The van der Waals surface area contributed by atoms with Crippen molar-refractivity contribution in [2.24, 2.45) is 4.36 Å². The molecule has 0 radical (unpaired) electrons. The van der Waals surface area contributed by atoms with Crippen LogP contribution in [0.3, 0.4) is 0 Å². The Bertz CT molecular complexity index is 1940. The third-order valence-electron chi connectivity index (χ3n) is 10.0. The minimum absolute atomic E-state index is 0.475. The third kappa shape index (κ3) is 5.25. The molecule has 2 amide bonds. The number of aromatic nitrogens is 2. The van der Waals surface area contributed by atoms with E-state index in [1.807, 2.05) is 95.7 Å². The number of rotatable bonds is 7. The van der Waals surface area contributed by atoms with Gasteiger partial charge in [-0.25, -0.2) is 13.7 Å². The Labute approximate surface area is 276 Å². The molecule has 2 N–H and O–H groups in total. The van der Waals surface area contributed by atoms with Crippen molar-refractivity contribution in [1.82, 2.24) is 14.5 Å². The average molecular weight is 642 g/mol. The lowest BCUT2D eigenvalue weighted by atomic mass is 9.78. The van der Waals surface area contributed by atoms with Crippen LogP contribution < -0.4 is 10.0 Å². The van der Waals surface area contributed by atoms with E-state index in [4.69, 9.17) is 4.36 Å². The first-order chi connectivity index (χ1) is 23.0. The fourth-order valence-electron chi connectivity index (χ4n) is 7.87. The largest absolute Gasteiger partial charge is 0.331 e. The van der Waals surface area contributed by atoms with E-state index >= 15 is 4.21 Å². The van der Waals surface area contributed by atoms with Crippen LogP contribution in [0.15, 0.2) is 113 Å². The molecule has 47 heavy (non-hydrogen) atoms. The van der Waals surface area contributed by atoms with E-state index in [9.17, 15) is 4.79 Å². The van der Waals surface area contributed by atoms with Crippen molar-refractivity contribution in [1.29, 1.82) is 0 Å². The highest BCUT2D eigenvalue weighted by Gasteiger charge is 2.40. The lowest BCUT2D eigenvalue weighted by molar-refractivity contribution is 0.256. The van der Waals surface area contributed by atoms with Crippen molar-refractivity contribution in [3.05, 3.63) is 148 Å². The number of aryl methyl sites for hydroxylation is 3. The quantitative estimate of drug-likeness (QED) is 0.178. The van der Waals surface area contributed by atoms with Gasteiger partial charge in [-0.15, -0.1) is 0 Å². The molecular formula is C39H39N5O2S. The molecule has 1 aromatic heterocycles. The zero-order valence-corrected chi connectivity index (χ0v) is 27.3. The number of hydrogen-bond donors (Lipinski definition) is 2. The molecule has 2 aliphatic carbocycles. The number of nitrogens with one attached hydrogen (secondary N) is 2. The number of carbonyl (C=O) groups excluding carboxylic acids is 1. The first-order valence-corrected chi connectivity index (χ1v) is 18.3. The maximum atomic E-state index is 15.9. The molecule has 1 aliphatic heterocycles. The van der Waals surface area contributed by atoms with Crippen LogP contribution in [0.4, 0.5) is 10.5 Å². The van der Waals surface area contributed by atoms with Crippen molar-refractivity contribution < 1.29 is 9.00 Å². The van der Waals surface area contributed by atoms with Crippen molar-refractivity contribution in [3.8, 4) is 0 Å². The van der Waals surface area contributed by atoms with Gasteiger partial charge in [0.25, 0.3) is 0 Å². The van der Waals surface area contributed by atoms with Crippen LogP contribution in [-0.4, -0.2) is 20.0 Å². The second-order valence-corrected chi connectivity index (χ2v) is 14.7. The minimum Gasteiger partial charge on any atom is -0.307 e. The summed E-state index contributed by atoms with van der Waals surface area (Å²) in [4.78, 5) is 14.8. The normalized spacial score (nSPS) is 16.4. The van der Waals surface area contributed by atoms with E-state index in [0.29, 0.717) is 4.90 Å². The van der Waals surface area contributed by atoms with E-state index in [0.717, 1.165) is 92.4 Å². The molecule has 0 bridgehead atoms. The summed E-state index contributed by atoms with van der Waals surface area (Å²) in [6.07, 6.45) is 10.4. The zero-order valence-electron chi connectivity index (χ0n) is 26.5. The van der Waals surface area contributed by atoms with Crippen LogP contribution in [0.25, 0.3) is 0 Å². The number of hydrogen-bond acceptors (Lipinski definition) is 4. The molecule has 8 rings (SSSR count). The monoisotopic (exact) mass is 641 g/mol. The van der Waals surface area contributed by atoms with Gasteiger partial charge in [0.1, 0.15) is 10.4 Å². The molecule has 4 aromatic carbocycles. The molecule has 1 unspecified atom stereocenters. The van der Waals surface area contributed by atoms with E-state index in [1.165, 1.54) is 22.3 Å². The molecule has 0 saturated carbocycles. The van der Waals surface area contributed by atoms with Gasteiger partial charge >= 0.3 is 6.03 Å². The molecule has 8 heteroatoms. The van der Waals surface area contributed by atoms with Gasteiger partial charge in [0.2, 0.25) is 0 Å². The lowest BCUT2D eigenvalue weighted by Crippen LogP contribution is -2.38. The van der Waals surface area contributed by atoms with Gasteiger partial charge < -0.3 is 5.32 Å². The predicted octanol–water partition coefficient (Wildman–Crippen LogP) is 7.75. The van der Waals surface area contributed by atoms with Gasteiger partial charge in [0.15, 0.2) is 9.92 Å². The summed E-state index contributed by atoms with van der Waals surface area (Å²) in [5.41, 5.74) is 8.23. The Hall–Kier alpha value is -4.69. The van der Waals surface area contributed by atoms with E-state index in [2.05, 4.69) is 21.2 Å². The van der Waals surface area contributed by atoms with Gasteiger partial charge in [-0.3, -0.25) is 4.68 Å². The number of benzene rings is 4. The van der Waals surface area contributed by atoms with Gasteiger partial charge in [-0.05, 0) is 96.7 Å². The zero-order chi connectivity index (χ0) is 31.8. The maximum absolute atomic E-state index is 15.9. The first-order valence-electron chi connectivity index (χ1n) is 16.8. The number of urea groups is 1. The van der Waals surface area contributed by atoms with E-state index in [1.54, 1.807) is 6.20 Å². The Kier molecular flexibility index (Phi) is 7.68.